The highest BCUT2D eigenvalue weighted by atomic mass is 16.5. The van der Waals surface area contributed by atoms with E-state index in [4.69, 9.17) is 15.3 Å². The number of nitrogens with one attached hydrogen (secondary N) is 1. The Balaban J connectivity index is 3.03. The molecule has 14 heavy (non-hydrogen) atoms. The van der Waals surface area contributed by atoms with E-state index >= 15 is 0 Å². The van der Waals surface area contributed by atoms with E-state index in [2.05, 4.69) is 13.8 Å². The lowest BCUT2D eigenvalue weighted by atomic mass is 10.2. The van der Waals surface area contributed by atoms with Gasteiger partial charge in [0, 0.05) is 6.61 Å². The molecule has 0 aromatic rings. The van der Waals surface area contributed by atoms with Crippen molar-refractivity contribution < 1.29 is 14.3 Å². The van der Waals surface area contributed by atoms with Crippen LogP contribution in [0.5, 0.6) is 0 Å². The molecule has 0 spiro atoms. The molecule has 0 heterocycles. The Morgan fingerprint density at radius 2 is 1.93 bits per heavy atom. The largest absolute Gasteiger partial charge is 0.379 e. The van der Waals surface area contributed by atoms with E-state index < -0.39 is 0 Å². The quantitative estimate of drug-likeness (QED) is 0.254. The topological polar surface area (TPSA) is 73.6 Å². The van der Waals surface area contributed by atoms with Gasteiger partial charge in [-0.05, 0) is 5.92 Å². The van der Waals surface area contributed by atoms with Crippen molar-refractivity contribution in [2.45, 2.75) is 20.3 Å². The van der Waals surface area contributed by atoms with Crippen molar-refractivity contribution in [2.75, 3.05) is 26.4 Å². The number of ether oxygens (including phenoxy) is 2. The molecule has 5 nitrogen and oxygen atoms in total. The molecular weight excluding hydrogens is 184 g/mol. The maximum atomic E-state index is 10.6. The molecular formula is C9H20N2O3. The molecule has 1 amide bonds. The normalized spacial score (nSPS) is 10.6. The second-order valence-corrected chi connectivity index (χ2v) is 3.40. The van der Waals surface area contributed by atoms with E-state index in [1.165, 1.54) is 0 Å². The summed E-state index contributed by atoms with van der Waals surface area (Å²) in [5.74, 6) is 5.21. The van der Waals surface area contributed by atoms with Crippen molar-refractivity contribution in [1.82, 2.24) is 5.43 Å². The molecule has 0 aliphatic rings. The third-order valence-corrected chi connectivity index (χ3v) is 1.46. The zero-order valence-electron chi connectivity index (χ0n) is 8.91. The summed E-state index contributed by atoms with van der Waals surface area (Å²) in [5.41, 5.74) is 2.03. The van der Waals surface area contributed by atoms with Crippen LogP contribution in [-0.2, 0) is 14.3 Å². The summed E-state index contributed by atoms with van der Waals surface area (Å²) in [6.45, 7) is 6.40. The van der Waals surface area contributed by atoms with Crippen molar-refractivity contribution in [3.63, 3.8) is 0 Å². The van der Waals surface area contributed by atoms with Crippen LogP contribution in [0.25, 0.3) is 0 Å². The first kappa shape index (κ1) is 13.4. The lowest BCUT2D eigenvalue weighted by Crippen LogP contribution is -2.30. The van der Waals surface area contributed by atoms with Gasteiger partial charge in [-0.2, -0.15) is 0 Å². The molecule has 0 rings (SSSR count). The van der Waals surface area contributed by atoms with E-state index in [-0.39, 0.29) is 5.91 Å². The second kappa shape index (κ2) is 8.93. The van der Waals surface area contributed by atoms with Crippen molar-refractivity contribution in [3.8, 4) is 0 Å². The van der Waals surface area contributed by atoms with Gasteiger partial charge < -0.3 is 9.47 Å². The summed E-state index contributed by atoms with van der Waals surface area (Å²) in [5, 5.41) is 0. The minimum atomic E-state index is -0.215. The van der Waals surface area contributed by atoms with Crippen LogP contribution in [0.4, 0.5) is 0 Å². The van der Waals surface area contributed by atoms with Crippen LogP contribution in [0.1, 0.15) is 20.3 Å². The summed E-state index contributed by atoms with van der Waals surface area (Å²) in [6.07, 6.45) is 0.292. The summed E-state index contributed by atoms with van der Waals surface area (Å²) in [6, 6.07) is 0. The van der Waals surface area contributed by atoms with Gasteiger partial charge in [0.25, 0.3) is 0 Å². The molecule has 0 bridgehead atoms. The Kier molecular flexibility index (Phi) is 8.51. The van der Waals surface area contributed by atoms with Gasteiger partial charge in [0.2, 0.25) is 5.91 Å². The molecule has 0 aromatic heterocycles. The molecule has 0 aliphatic carbocycles. The Morgan fingerprint density at radius 1 is 1.29 bits per heavy atom. The van der Waals surface area contributed by atoms with E-state index in [9.17, 15) is 4.79 Å². The highest BCUT2D eigenvalue weighted by Gasteiger charge is 1.97. The fourth-order valence-corrected chi connectivity index (χ4v) is 0.776. The van der Waals surface area contributed by atoms with Gasteiger partial charge in [-0.25, -0.2) is 5.84 Å². The molecule has 0 aliphatic heterocycles. The smallest absolute Gasteiger partial charge is 0.236 e. The highest BCUT2D eigenvalue weighted by molar-refractivity contribution is 5.75. The van der Waals surface area contributed by atoms with Gasteiger partial charge in [0.15, 0.2) is 0 Å². The van der Waals surface area contributed by atoms with E-state index in [1.807, 2.05) is 5.43 Å². The zero-order valence-corrected chi connectivity index (χ0v) is 8.91. The second-order valence-electron chi connectivity index (χ2n) is 3.40. The van der Waals surface area contributed by atoms with Gasteiger partial charge in [0.1, 0.15) is 0 Å². The van der Waals surface area contributed by atoms with E-state index in [1.54, 1.807) is 0 Å². The molecule has 84 valence electrons. The van der Waals surface area contributed by atoms with Gasteiger partial charge >= 0.3 is 0 Å². The minimum Gasteiger partial charge on any atom is -0.379 e. The van der Waals surface area contributed by atoms with E-state index in [0.29, 0.717) is 32.2 Å². The first-order valence-corrected chi connectivity index (χ1v) is 4.81. The number of hydrogen-bond acceptors (Lipinski definition) is 4. The van der Waals surface area contributed by atoms with Crippen LogP contribution < -0.4 is 11.3 Å². The molecule has 0 atom stereocenters. The first-order chi connectivity index (χ1) is 6.66. The number of carbonyl (C=O) groups is 1. The molecule has 0 unspecified atom stereocenters. The summed E-state index contributed by atoms with van der Waals surface area (Å²) >= 11 is 0. The molecule has 5 heteroatoms. The molecule has 0 fully saturated rings. The lowest BCUT2D eigenvalue weighted by Gasteiger charge is -2.07. The van der Waals surface area contributed by atoms with Crippen LogP contribution in [0, 0.1) is 5.92 Å². The van der Waals surface area contributed by atoms with Crippen molar-refractivity contribution in [3.05, 3.63) is 0 Å². The van der Waals surface area contributed by atoms with Gasteiger partial charge in [-0.15, -0.1) is 0 Å². The van der Waals surface area contributed by atoms with Crippen LogP contribution in [0.15, 0.2) is 0 Å². The lowest BCUT2D eigenvalue weighted by molar-refractivity contribution is -0.122. The van der Waals surface area contributed by atoms with Gasteiger partial charge in [-0.1, -0.05) is 13.8 Å². The predicted octanol–water partition coefficient (Wildman–Crippen LogP) is 0.0556. The van der Waals surface area contributed by atoms with Gasteiger partial charge in [-0.3, -0.25) is 10.2 Å². The number of nitrogens with two attached hydrogens (primary N) is 1. The molecule has 0 saturated heterocycles. The number of hydrazine groups is 1. The van der Waals surface area contributed by atoms with Crippen molar-refractivity contribution in [1.29, 1.82) is 0 Å². The molecule has 3 N–H and O–H groups in total. The van der Waals surface area contributed by atoms with E-state index in [0.717, 1.165) is 6.61 Å². The van der Waals surface area contributed by atoms with Crippen molar-refractivity contribution in [2.24, 2.45) is 11.8 Å². The van der Waals surface area contributed by atoms with Crippen LogP contribution >= 0.6 is 0 Å². The van der Waals surface area contributed by atoms with Crippen molar-refractivity contribution >= 4 is 5.91 Å². The Labute approximate surface area is 84.9 Å². The number of amides is 1. The standard InChI is InChI=1S/C9H20N2O3/c1-8(2)7-14-6-5-13-4-3-9(12)11-10/h8H,3-7,10H2,1-2H3,(H,11,12). The fraction of sp³-hybridized carbons (Fsp3) is 0.889. The average molecular weight is 204 g/mol. The fourth-order valence-electron chi connectivity index (χ4n) is 0.776. The predicted molar refractivity (Wildman–Crippen MR) is 53.4 cm³/mol. The van der Waals surface area contributed by atoms with Gasteiger partial charge in [0.05, 0.1) is 26.2 Å². The zero-order chi connectivity index (χ0) is 10.8. The maximum absolute atomic E-state index is 10.6. The Hall–Kier alpha value is -0.650. The summed E-state index contributed by atoms with van der Waals surface area (Å²) in [4.78, 5) is 10.6. The molecule has 0 aromatic carbocycles. The SMILES string of the molecule is CC(C)COCCOCCC(=O)NN. The Morgan fingerprint density at radius 3 is 2.50 bits per heavy atom. The van der Waals surface area contributed by atoms with Crippen LogP contribution in [0.3, 0.4) is 0 Å². The Bertz CT molecular complexity index is 151. The number of rotatable bonds is 8. The third kappa shape index (κ3) is 9.44. The third-order valence-electron chi connectivity index (χ3n) is 1.46. The van der Waals surface area contributed by atoms with Crippen LogP contribution in [0.2, 0.25) is 0 Å². The average Bonchev–Trinajstić information content (AvgIpc) is 2.15. The molecule has 0 saturated carbocycles. The maximum Gasteiger partial charge on any atom is 0.236 e. The number of carbonyl (C=O) groups excluding carboxylic acids is 1. The summed E-state index contributed by atoms with van der Waals surface area (Å²) in [7, 11) is 0. The number of hydrogen-bond donors (Lipinski definition) is 2. The monoisotopic (exact) mass is 204 g/mol. The summed E-state index contributed by atoms with van der Waals surface area (Å²) < 4.78 is 10.4. The highest BCUT2D eigenvalue weighted by Crippen LogP contribution is 1.92. The van der Waals surface area contributed by atoms with Crippen LogP contribution in [-0.4, -0.2) is 32.3 Å². The first-order valence-electron chi connectivity index (χ1n) is 4.81. The minimum absolute atomic E-state index is 0.215. The molecule has 0 radical (unpaired) electrons.